The summed E-state index contributed by atoms with van der Waals surface area (Å²) in [4.78, 5) is 16.5. The van der Waals surface area contributed by atoms with Crippen LogP contribution in [0.25, 0.3) is 0 Å². The van der Waals surface area contributed by atoms with Crippen LogP contribution < -0.4 is 10.2 Å². The number of benzene rings is 1. The van der Waals surface area contributed by atoms with E-state index in [1.807, 2.05) is 19.1 Å². The van der Waals surface area contributed by atoms with E-state index in [1.165, 1.54) is 22.3 Å². The second-order valence-corrected chi connectivity index (χ2v) is 6.99. The number of hydrogen-bond acceptors (Lipinski definition) is 3. The number of para-hydroxylation sites is 1. The molecule has 0 unspecified atom stereocenters. The molecule has 1 fully saturated rings. The Morgan fingerprint density at radius 3 is 2.74 bits per heavy atom. The molecule has 0 spiro atoms. The van der Waals surface area contributed by atoms with Crippen LogP contribution in [0.15, 0.2) is 24.3 Å². The normalized spacial score (nSPS) is 14.3. The third-order valence-electron chi connectivity index (χ3n) is 4.24. The van der Waals surface area contributed by atoms with Gasteiger partial charge in [0.05, 0.1) is 10.6 Å². The molecule has 0 saturated carbocycles. The van der Waals surface area contributed by atoms with Crippen molar-refractivity contribution in [3.63, 3.8) is 0 Å². The molecule has 1 aliphatic rings. The van der Waals surface area contributed by atoms with E-state index in [1.54, 1.807) is 6.07 Å². The van der Waals surface area contributed by atoms with E-state index in [4.69, 9.17) is 0 Å². The largest absolute Gasteiger partial charge is 0.370 e. The van der Waals surface area contributed by atoms with Crippen molar-refractivity contribution >= 4 is 28.6 Å². The van der Waals surface area contributed by atoms with Crippen molar-refractivity contribution in [2.75, 3.05) is 23.3 Å². The standard InChI is InChI=1S/C18H21FN2OS/c1-3-15-12(2)11-16(23-15)18(22)20-17-13(19)7-6-8-14(17)21-9-4-5-10-21/h6-8,11H,3-5,9-10H2,1-2H3,(H,20,22). The summed E-state index contributed by atoms with van der Waals surface area (Å²) in [6.45, 7) is 5.89. The van der Waals surface area contributed by atoms with Gasteiger partial charge in [0.1, 0.15) is 11.5 Å². The Hall–Kier alpha value is -1.88. The van der Waals surface area contributed by atoms with Gasteiger partial charge in [-0.15, -0.1) is 11.3 Å². The average Bonchev–Trinajstić information content (AvgIpc) is 3.18. The smallest absolute Gasteiger partial charge is 0.265 e. The van der Waals surface area contributed by atoms with Crippen LogP contribution in [0.2, 0.25) is 0 Å². The first-order chi connectivity index (χ1) is 11.1. The quantitative estimate of drug-likeness (QED) is 0.887. The molecule has 0 radical (unpaired) electrons. The van der Waals surface area contributed by atoms with E-state index >= 15 is 0 Å². The molecule has 0 bridgehead atoms. The van der Waals surface area contributed by atoms with E-state index in [-0.39, 0.29) is 11.7 Å². The molecule has 1 N–H and O–H groups in total. The van der Waals surface area contributed by atoms with Gasteiger partial charge in [-0.3, -0.25) is 4.79 Å². The predicted octanol–water partition coefficient (Wildman–Crippen LogP) is 4.61. The maximum absolute atomic E-state index is 14.3. The Kier molecular flexibility index (Phi) is 4.66. The number of anilines is 2. The van der Waals surface area contributed by atoms with Crippen molar-refractivity contribution in [3.8, 4) is 0 Å². The number of nitrogens with one attached hydrogen (secondary N) is 1. The van der Waals surface area contributed by atoms with Crippen LogP contribution in [0.4, 0.5) is 15.8 Å². The minimum atomic E-state index is -0.383. The highest BCUT2D eigenvalue weighted by molar-refractivity contribution is 7.14. The molecule has 2 heterocycles. The lowest BCUT2D eigenvalue weighted by Crippen LogP contribution is -2.21. The van der Waals surface area contributed by atoms with Crippen molar-refractivity contribution in [1.29, 1.82) is 0 Å². The van der Waals surface area contributed by atoms with Crippen LogP contribution in [0, 0.1) is 12.7 Å². The van der Waals surface area contributed by atoms with Crippen LogP contribution >= 0.6 is 11.3 Å². The highest BCUT2D eigenvalue weighted by Crippen LogP contribution is 2.32. The lowest BCUT2D eigenvalue weighted by atomic mass is 10.2. The van der Waals surface area contributed by atoms with Gasteiger partial charge in [-0.2, -0.15) is 0 Å². The fourth-order valence-electron chi connectivity index (χ4n) is 3.02. The maximum atomic E-state index is 14.3. The number of carbonyl (C=O) groups excluding carboxylic acids is 1. The zero-order valence-corrected chi connectivity index (χ0v) is 14.3. The topological polar surface area (TPSA) is 32.3 Å². The molecule has 5 heteroatoms. The molecule has 3 rings (SSSR count). The van der Waals surface area contributed by atoms with E-state index in [9.17, 15) is 9.18 Å². The minimum Gasteiger partial charge on any atom is -0.370 e. The van der Waals surface area contributed by atoms with Crippen molar-refractivity contribution < 1.29 is 9.18 Å². The summed E-state index contributed by atoms with van der Waals surface area (Å²) >= 11 is 1.48. The van der Waals surface area contributed by atoms with Crippen LogP contribution in [0.3, 0.4) is 0 Å². The summed E-state index contributed by atoms with van der Waals surface area (Å²) in [7, 11) is 0. The third kappa shape index (κ3) is 3.24. The van der Waals surface area contributed by atoms with E-state index in [0.717, 1.165) is 43.6 Å². The first kappa shape index (κ1) is 16.0. The average molecular weight is 332 g/mol. The van der Waals surface area contributed by atoms with Crippen LogP contribution in [-0.4, -0.2) is 19.0 Å². The van der Waals surface area contributed by atoms with Gasteiger partial charge in [0.25, 0.3) is 5.91 Å². The highest BCUT2D eigenvalue weighted by atomic mass is 32.1. The van der Waals surface area contributed by atoms with Crippen LogP contribution in [0.5, 0.6) is 0 Å². The molecule has 2 aromatic rings. The molecule has 1 aliphatic heterocycles. The van der Waals surface area contributed by atoms with Crippen molar-refractivity contribution in [2.45, 2.75) is 33.1 Å². The molecule has 1 aromatic carbocycles. The zero-order valence-electron chi connectivity index (χ0n) is 13.5. The number of thiophene rings is 1. The highest BCUT2D eigenvalue weighted by Gasteiger charge is 2.21. The summed E-state index contributed by atoms with van der Waals surface area (Å²) in [6, 6.07) is 6.85. The fourth-order valence-corrected chi connectivity index (χ4v) is 4.03. The minimum absolute atomic E-state index is 0.233. The van der Waals surface area contributed by atoms with Gasteiger partial charge in [0, 0.05) is 18.0 Å². The Morgan fingerprint density at radius 2 is 2.09 bits per heavy atom. The van der Waals surface area contributed by atoms with Crippen LogP contribution in [0.1, 0.15) is 39.9 Å². The molecule has 1 amide bonds. The molecule has 1 saturated heterocycles. The fraction of sp³-hybridized carbons (Fsp3) is 0.389. The Bertz CT molecular complexity index is 720. The summed E-state index contributed by atoms with van der Waals surface area (Å²) in [6.07, 6.45) is 3.12. The van der Waals surface area contributed by atoms with Gasteiger partial charge in [0.15, 0.2) is 0 Å². The number of halogens is 1. The van der Waals surface area contributed by atoms with Gasteiger partial charge in [0.2, 0.25) is 0 Å². The predicted molar refractivity (Wildman–Crippen MR) is 94.2 cm³/mol. The summed E-state index contributed by atoms with van der Waals surface area (Å²) in [5.74, 6) is -0.616. The summed E-state index contributed by atoms with van der Waals surface area (Å²) in [5.41, 5.74) is 2.19. The van der Waals surface area contributed by atoms with E-state index in [2.05, 4.69) is 17.1 Å². The maximum Gasteiger partial charge on any atom is 0.265 e. The van der Waals surface area contributed by atoms with Gasteiger partial charge in [-0.25, -0.2) is 4.39 Å². The Balaban J connectivity index is 1.88. The zero-order chi connectivity index (χ0) is 16.4. The molecular formula is C18H21FN2OS. The number of amides is 1. The lowest BCUT2D eigenvalue weighted by Gasteiger charge is -2.21. The monoisotopic (exact) mass is 332 g/mol. The Morgan fingerprint density at radius 1 is 1.35 bits per heavy atom. The second-order valence-electron chi connectivity index (χ2n) is 5.85. The first-order valence-corrected chi connectivity index (χ1v) is 8.86. The molecule has 0 atom stereocenters. The molecule has 1 aromatic heterocycles. The molecule has 122 valence electrons. The van der Waals surface area contributed by atoms with Crippen molar-refractivity contribution in [3.05, 3.63) is 45.4 Å². The number of nitrogens with zero attached hydrogens (tertiary/aromatic N) is 1. The number of hydrogen-bond donors (Lipinski definition) is 1. The SMILES string of the molecule is CCc1sc(C(=O)Nc2c(F)cccc2N2CCCC2)cc1C. The summed E-state index contributed by atoms with van der Waals surface area (Å²) in [5, 5.41) is 2.79. The Labute approximate surface area is 140 Å². The third-order valence-corrected chi connectivity index (χ3v) is 5.62. The molecule has 23 heavy (non-hydrogen) atoms. The van der Waals surface area contributed by atoms with E-state index < -0.39 is 0 Å². The van der Waals surface area contributed by atoms with Crippen molar-refractivity contribution in [1.82, 2.24) is 0 Å². The molecular weight excluding hydrogens is 311 g/mol. The molecule has 3 nitrogen and oxygen atoms in total. The second kappa shape index (κ2) is 6.71. The number of carbonyl (C=O) groups is 1. The summed E-state index contributed by atoms with van der Waals surface area (Å²) < 4.78 is 14.3. The van der Waals surface area contributed by atoms with Gasteiger partial charge in [-0.05, 0) is 49.9 Å². The number of rotatable bonds is 4. The van der Waals surface area contributed by atoms with Gasteiger partial charge in [-0.1, -0.05) is 13.0 Å². The van der Waals surface area contributed by atoms with Crippen molar-refractivity contribution in [2.24, 2.45) is 0 Å². The van der Waals surface area contributed by atoms with Gasteiger partial charge < -0.3 is 10.2 Å². The van der Waals surface area contributed by atoms with Gasteiger partial charge >= 0.3 is 0 Å². The van der Waals surface area contributed by atoms with Crippen LogP contribution in [-0.2, 0) is 6.42 Å². The van der Waals surface area contributed by atoms with E-state index in [0.29, 0.717) is 10.6 Å². The molecule has 0 aliphatic carbocycles. The first-order valence-electron chi connectivity index (χ1n) is 8.04. The number of aryl methyl sites for hydroxylation is 2. The lowest BCUT2D eigenvalue weighted by molar-refractivity contribution is 0.103.